The Hall–Kier alpha value is -7.04. The van der Waals surface area contributed by atoms with Gasteiger partial charge in [-0.25, -0.2) is 9.97 Å². The highest BCUT2D eigenvalue weighted by molar-refractivity contribution is 5.79. The van der Waals surface area contributed by atoms with Crippen molar-refractivity contribution in [3.05, 3.63) is 187 Å². The van der Waals surface area contributed by atoms with Crippen molar-refractivity contribution in [2.24, 2.45) is 0 Å². The van der Waals surface area contributed by atoms with Crippen LogP contribution >= 0.6 is 0 Å². The number of hydrogen-bond acceptors (Lipinski definition) is 4. The molecule has 0 saturated heterocycles. The standard InChI is InChI=1S/C50H40N4/c1-3-6-34-11-20-45(29-33(34)2)50-53-48(39-16-12-35(13-17-39)41-7-4-9-43(30-41)37-21-25-46(51)26-22-37)32-49(54-50)40-18-14-36(15-19-40)42-8-5-10-44(31-42)38-23-27-47(52)28-24-38/h3-32H,51-52H2,1-2H3/b6-3-. The van der Waals surface area contributed by atoms with Gasteiger partial charge in [0.05, 0.1) is 11.4 Å². The highest BCUT2D eigenvalue weighted by Gasteiger charge is 2.13. The van der Waals surface area contributed by atoms with Crippen LogP contribution < -0.4 is 11.5 Å². The minimum atomic E-state index is 0.693. The number of nitrogens with two attached hydrogens (primary N) is 2. The van der Waals surface area contributed by atoms with Crippen LogP contribution in [0.2, 0.25) is 0 Å². The summed E-state index contributed by atoms with van der Waals surface area (Å²) in [6.07, 6.45) is 4.19. The Morgan fingerprint density at radius 3 is 1.15 bits per heavy atom. The molecule has 0 unspecified atom stereocenters. The van der Waals surface area contributed by atoms with Crippen LogP contribution in [0.4, 0.5) is 11.4 Å². The number of nitrogens with zero attached hydrogens (tertiary/aromatic N) is 2. The van der Waals surface area contributed by atoms with Gasteiger partial charge in [-0.05, 0) is 118 Å². The van der Waals surface area contributed by atoms with Crippen LogP contribution in [0, 0.1) is 6.92 Å². The van der Waals surface area contributed by atoms with Crippen molar-refractivity contribution >= 4 is 17.5 Å². The van der Waals surface area contributed by atoms with Gasteiger partial charge in [0.25, 0.3) is 0 Å². The van der Waals surface area contributed by atoms with Crippen LogP contribution in [0.5, 0.6) is 0 Å². The van der Waals surface area contributed by atoms with Crippen LogP contribution in [-0.2, 0) is 0 Å². The van der Waals surface area contributed by atoms with Crippen molar-refractivity contribution in [2.75, 3.05) is 11.5 Å². The third-order valence-corrected chi connectivity index (χ3v) is 9.84. The average Bonchev–Trinajstić information content (AvgIpc) is 3.22. The predicted molar refractivity (Wildman–Crippen MR) is 228 cm³/mol. The molecular weight excluding hydrogens is 657 g/mol. The Bertz CT molecular complexity index is 2450. The van der Waals surface area contributed by atoms with Gasteiger partial charge in [-0.3, -0.25) is 0 Å². The SMILES string of the molecule is C/C=C\c1ccc(-c2nc(-c3ccc(-c4cccc(-c5ccc(N)cc5)c4)cc3)cc(-c3ccc(-c4cccc(-c5ccc(N)cc5)c4)cc3)n2)cc1C. The van der Waals surface area contributed by atoms with E-state index in [4.69, 9.17) is 21.4 Å². The number of rotatable bonds is 8. The second-order valence-corrected chi connectivity index (χ2v) is 13.6. The van der Waals surface area contributed by atoms with E-state index < -0.39 is 0 Å². The maximum absolute atomic E-state index is 5.93. The van der Waals surface area contributed by atoms with Gasteiger partial charge in [0.15, 0.2) is 5.82 Å². The van der Waals surface area contributed by atoms with Crippen molar-refractivity contribution in [2.45, 2.75) is 13.8 Å². The Morgan fingerprint density at radius 1 is 0.389 bits per heavy atom. The van der Waals surface area contributed by atoms with Crippen molar-refractivity contribution in [3.8, 4) is 78.4 Å². The molecule has 0 aliphatic rings. The summed E-state index contributed by atoms with van der Waals surface area (Å²) in [6, 6.07) is 59.0. The van der Waals surface area contributed by atoms with E-state index >= 15 is 0 Å². The van der Waals surface area contributed by atoms with Gasteiger partial charge >= 0.3 is 0 Å². The Labute approximate surface area is 317 Å². The van der Waals surface area contributed by atoms with Gasteiger partial charge in [0.2, 0.25) is 0 Å². The number of allylic oxidation sites excluding steroid dienone is 1. The molecule has 0 atom stereocenters. The summed E-state index contributed by atoms with van der Waals surface area (Å²) in [7, 11) is 0. The molecule has 260 valence electrons. The van der Waals surface area contributed by atoms with E-state index in [2.05, 4.69) is 165 Å². The van der Waals surface area contributed by atoms with Crippen LogP contribution in [-0.4, -0.2) is 9.97 Å². The minimum absolute atomic E-state index is 0.693. The fourth-order valence-corrected chi connectivity index (χ4v) is 6.83. The fraction of sp³-hybridized carbons (Fsp3) is 0.0400. The molecule has 54 heavy (non-hydrogen) atoms. The van der Waals surface area contributed by atoms with E-state index in [0.717, 1.165) is 84.0 Å². The molecule has 0 bridgehead atoms. The first-order valence-electron chi connectivity index (χ1n) is 18.2. The van der Waals surface area contributed by atoms with Crippen LogP contribution in [0.15, 0.2) is 176 Å². The van der Waals surface area contributed by atoms with Crippen molar-refractivity contribution in [3.63, 3.8) is 0 Å². The second kappa shape index (κ2) is 14.9. The highest BCUT2D eigenvalue weighted by Crippen LogP contribution is 2.33. The van der Waals surface area contributed by atoms with E-state index in [0.29, 0.717) is 5.82 Å². The Morgan fingerprint density at radius 2 is 0.759 bits per heavy atom. The largest absolute Gasteiger partial charge is 0.399 e. The van der Waals surface area contributed by atoms with E-state index in [1.165, 1.54) is 11.1 Å². The first-order chi connectivity index (χ1) is 26.4. The molecule has 1 heterocycles. The van der Waals surface area contributed by atoms with E-state index in [9.17, 15) is 0 Å². The predicted octanol–water partition coefficient (Wildman–Crippen LogP) is 12.7. The lowest BCUT2D eigenvalue weighted by atomic mass is 9.97. The van der Waals surface area contributed by atoms with E-state index in [1.54, 1.807) is 0 Å². The van der Waals surface area contributed by atoms with E-state index in [1.807, 2.05) is 31.2 Å². The summed E-state index contributed by atoms with van der Waals surface area (Å²) < 4.78 is 0. The molecule has 8 rings (SSSR count). The summed E-state index contributed by atoms with van der Waals surface area (Å²) in [6.45, 7) is 4.17. The zero-order valence-electron chi connectivity index (χ0n) is 30.4. The molecule has 0 radical (unpaired) electrons. The van der Waals surface area contributed by atoms with Gasteiger partial charge in [-0.15, -0.1) is 0 Å². The number of benzene rings is 7. The van der Waals surface area contributed by atoms with Crippen LogP contribution in [0.1, 0.15) is 18.1 Å². The zero-order valence-corrected chi connectivity index (χ0v) is 30.4. The van der Waals surface area contributed by atoms with Crippen molar-refractivity contribution < 1.29 is 0 Å². The summed E-state index contributed by atoms with van der Waals surface area (Å²) in [4.78, 5) is 10.3. The molecule has 0 fully saturated rings. The monoisotopic (exact) mass is 696 g/mol. The molecular formula is C50H40N4. The Kier molecular flexibility index (Phi) is 9.40. The third kappa shape index (κ3) is 7.32. The molecule has 7 aromatic carbocycles. The Balaban J connectivity index is 1.14. The lowest BCUT2D eigenvalue weighted by Crippen LogP contribution is -1.97. The first kappa shape index (κ1) is 34.1. The maximum atomic E-state index is 5.93. The van der Waals surface area contributed by atoms with E-state index in [-0.39, 0.29) is 0 Å². The number of anilines is 2. The number of nitrogen functional groups attached to an aromatic ring is 2. The summed E-state index contributed by atoms with van der Waals surface area (Å²) >= 11 is 0. The smallest absolute Gasteiger partial charge is 0.160 e. The molecule has 0 aliphatic heterocycles. The second-order valence-electron chi connectivity index (χ2n) is 13.6. The average molecular weight is 697 g/mol. The number of aromatic nitrogens is 2. The van der Waals surface area contributed by atoms with Gasteiger partial charge in [0.1, 0.15) is 0 Å². The summed E-state index contributed by atoms with van der Waals surface area (Å²) in [5.41, 5.74) is 29.7. The third-order valence-electron chi connectivity index (χ3n) is 9.84. The first-order valence-corrected chi connectivity index (χ1v) is 18.2. The fourth-order valence-electron chi connectivity index (χ4n) is 6.83. The molecule has 0 amide bonds. The lowest BCUT2D eigenvalue weighted by molar-refractivity contribution is 1.18. The van der Waals surface area contributed by atoms with Crippen LogP contribution in [0.25, 0.3) is 84.5 Å². The van der Waals surface area contributed by atoms with Crippen LogP contribution in [0.3, 0.4) is 0 Å². The van der Waals surface area contributed by atoms with Crippen molar-refractivity contribution in [1.82, 2.24) is 9.97 Å². The molecule has 4 nitrogen and oxygen atoms in total. The molecule has 4 heteroatoms. The molecule has 1 aromatic heterocycles. The quantitative estimate of drug-likeness (QED) is 0.155. The van der Waals surface area contributed by atoms with Gasteiger partial charge in [-0.1, -0.05) is 133 Å². The van der Waals surface area contributed by atoms with Crippen molar-refractivity contribution in [1.29, 1.82) is 0 Å². The minimum Gasteiger partial charge on any atom is -0.399 e. The molecule has 0 aliphatic carbocycles. The zero-order chi connectivity index (χ0) is 37.0. The number of hydrogen-bond donors (Lipinski definition) is 2. The lowest BCUT2D eigenvalue weighted by Gasteiger charge is -2.12. The molecule has 0 spiro atoms. The summed E-state index contributed by atoms with van der Waals surface area (Å²) in [5, 5.41) is 0. The number of aryl methyl sites for hydroxylation is 1. The normalized spacial score (nSPS) is 11.2. The maximum Gasteiger partial charge on any atom is 0.160 e. The molecule has 8 aromatic rings. The summed E-state index contributed by atoms with van der Waals surface area (Å²) in [5.74, 6) is 0.693. The molecule has 0 saturated carbocycles. The topological polar surface area (TPSA) is 77.8 Å². The van der Waals surface area contributed by atoms with Gasteiger partial charge in [0, 0.05) is 28.1 Å². The van der Waals surface area contributed by atoms with Gasteiger partial charge < -0.3 is 11.5 Å². The molecule has 4 N–H and O–H groups in total. The van der Waals surface area contributed by atoms with Gasteiger partial charge in [-0.2, -0.15) is 0 Å². The highest BCUT2D eigenvalue weighted by atomic mass is 14.9.